The predicted molar refractivity (Wildman–Crippen MR) is 143 cm³/mol. The van der Waals surface area contributed by atoms with Gasteiger partial charge in [0.15, 0.2) is 5.69 Å². The molecule has 0 aromatic carbocycles. The third-order valence-electron chi connectivity index (χ3n) is 6.37. The molecule has 2 heterocycles. The molecule has 9 nitrogen and oxygen atoms in total. The van der Waals surface area contributed by atoms with E-state index in [0.29, 0.717) is 61.6 Å². The maximum absolute atomic E-state index is 13.0. The maximum Gasteiger partial charge on any atom is 0.441 e. The number of pyridine rings is 1. The van der Waals surface area contributed by atoms with Crippen molar-refractivity contribution in [2.24, 2.45) is 5.92 Å². The van der Waals surface area contributed by atoms with Gasteiger partial charge >= 0.3 is 5.51 Å². The van der Waals surface area contributed by atoms with Crippen molar-refractivity contribution in [1.82, 2.24) is 20.1 Å². The van der Waals surface area contributed by atoms with Crippen molar-refractivity contribution in [3.05, 3.63) is 23.0 Å². The van der Waals surface area contributed by atoms with Gasteiger partial charge in [-0.15, -0.1) is 0 Å². The molecule has 2 aromatic heterocycles. The topological polar surface area (TPSA) is 115 Å². The van der Waals surface area contributed by atoms with Crippen molar-refractivity contribution in [1.29, 1.82) is 0 Å². The van der Waals surface area contributed by atoms with E-state index in [2.05, 4.69) is 20.7 Å². The Morgan fingerprint density at radius 3 is 2.55 bits per heavy atom. The number of amides is 1. The number of sulfone groups is 1. The average Bonchev–Trinajstić information content (AvgIpc) is 3.20. The number of nitrogens with zero attached hydrogens (tertiary/aromatic N) is 3. The molecule has 0 unspecified atom stereocenters. The number of halogens is 4. The van der Waals surface area contributed by atoms with Crippen LogP contribution in [-0.4, -0.2) is 72.1 Å². The molecule has 15 heteroatoms. The minimum atomic E-state index is -4.30. The van der Waals surface area contributed by atoms with Crippen LogP contribution in [-0.2, 0) is 16.4 Å². The van der Waals surface area contributed by atoms with Gasteiger partial charge < -0.3 is 15.4 Å². The first-order valence-corrected chi connectivity index (χ1v) is 15.4. The lowest BCUT2D eigenvalue weighted by molar-refractivity contribution is -0.0327. The summed E-state index contributed by atoms with van der Waals surface area (Å²) in [5.41, 5.74) is -3.35. The number of methoxy groups -OCH3 is 1. The number of carbonyl (C=O) groups is 1. The molecule has 0 aliphatic heterocycles. The Bertz CT molecular complexity index is 1230. The van der Waals surface area contributed by atoms with E-state index in [1.165, 1.54) is 19.6 Å². The van der Waals surface area contributed by atoms with Crippen molar-refractivity contribution >= 4 is 44.9 Å². The Morgan fingerprint density at radius 2 is 1.97 bits per heavy atom. The van der Waals surface area contributed by atoms with E-state index in [-0.39, 0.29) is 45.9 Å². The first-order chi connectivity index (χ1) is 17.8. The van der Waals surface area contributed by atoms with Crippen molar-refractivity contribution in [2.45, 2.75) is 49.9 Å². The Kier molecular flexibility index (Phi) is 10.2. The second kappa shape index (κ2) is 12.8. The summed E-state index contributed by atoms with van der Waals surface area (Å²) in [6.07, 6.45) is 5.29. The van der Waals surface area contributed by atoms with Gasteiger partial charge in [-0.1, -0.05) is 11.6 Å². The van der Waals surface area contributed by atoms with E-state index in [4.69, 9.17) is 16.3 Å². The zero-order valence-corrected chi connectivity index (χ0v) is 23.7. The van der Waals surface area contributed by atoms with Gasteiger partial charge in [-0.2, -0.15) is 18.3 Å². The molecular formula is C23H31ClF3N5O4S2. The number of carbonyl (C=O) groups excluding carboxylic acids is 1. The van der Waals surface area contributed by atoms with Gasteiger partial charge in [0.2, 0.25) is 0 Å². The lowest BCUT2D eigenvalue weighted by Gasteiger charge is -2.27. The predicted octanol–water partition coefficient (Wildman–Crippen LogP) is 4.63. The highest BCUT2D eigenvalue weighted by molar-refractivity contribution is 8.00. The number of anilines is 1. The molecule has 38 heavy (non-hydrogen) atoms. The number of nitrogens with one attached hydrogen (secondary N) is 2. The van der Waals surface area contributed by atoms with Gasteiger partial charge in [-0.05, 0) is 50.3 Å². The molecule has 1 aliphatic carbocycles. The van der Waals surface area contributed by atoms with Crippen LogP contribution >= 0.6 is 23.4 Å². The zero-order chi connectivity index (χ0) is 28.1. The molecule has 0 bridgehead atoms. The molecule has 212 valence electrons. The minimum Gasteiger partial charge on any atom is -0.496 e. The first kappa shape index (κ1) is 30.4. The van der Waals surface area contributed by atoms with Crippen LogP contribution in [0.1, 0.15) is 43.1 Å². The fourth-order valence-corrected chi connectivity index (χ4v) is 6.27. The third kappa shape index (κ3) is 7.92. The van der Waals surface area contributed by atoms with Crippen LogP contribution in [0.5, 0.6) is 5.75 Å². The number of hydrogen-bond acceptors (Lipinski definition) is 8. The summed E-state index contributed by atoms with van der Waals surface area (Å²) in [5, 5.41) is 9.87. The lowest BCUT2D eigenvalue weighted by Crippen LogP contribution is -2.34. The highest BCUT2D eigenvalue weighted by Gasteiger charge is 2.30. The summed E-state index contributed by atoms with van der Waals surface area (Å²) in [7, 11) is -1.62. The van der Waals surface area contributed by atoms with Crippen LogP contribution < -0.4 is 15.4 Å². The molecule has 0 radical (unpaired) electrons. The Morgan fingerprint density at radius 1 is 1.29 bits per heavy atom. The molecule has 1 amide bonds. The van der Waals surface area contributed by atoms with Gasteiger partial charge in [0.1, 0.15) is 21.4 Å². The smallest absolute Gasteiger partial charge is 0.441 e. The van der Waals surface area contributed by atoms with E-state index >= 15 is 0 Å². The van der Waals surface area contributed by atoms with Crippen LogP contribution in [0.25, 0.3) is 11.3 Å². The second-order valence-electron chi connectivity index (χ2n) is 9.00. The number of alkyl halides is 3. The average molecular weight is 598 g/mol. The number of hydrogen-bond donors (Lipinski definition) is 2. The molecular weight excluding hydrogens is 567 g/mol. The van der Waals surface area contributed by atoms with Gasteiger partial charge in [-0.25, -0.2) is 13.4 Å². The van der Waals surface area contributed by atoms with Crippen molar-refractivity contribution in [2.75, 3.05) is 37.5 Å². The molecule has 3 rings (SSSR count). The molecule has 2 aromatic rings. The SMILES string of the molecule is CCn1nc(C(=O)NCC2CCC(S(C)(=O)=O)CC2)c(Cl)c1-c1cnc(NCCSC(F)(F)F)cc1OC. The molecule has 1 saturated carbocycles. The Hall–Kier alpha value is -2.19. The second-order valence-corrected chi connectivity index (χ2v) is 12.9. The molecule has 1 aliphatic rings. The summed E-state index contributed by atoms with van der Waals surface area (Å²) < 4.78 is 67.6. The summed E-state index contributed by atoms with van der Waals surface area (Å²) in [6.45, 7) is 2.67. The van der Waals surface area contributed by atoms with Gasteiger partial charge in [0.25, 0.3) is 5.91 Å². The van der Waals surface area contributed by atoms with Crippen LogP contribution in [0.2, 0.25) is 5.02 Å². The van der Waals surface area contributed by atoms with E-state index in [0.717, 1.165) is 0 Å². The van der Waals surface area contributed by atoms with Crippen molar-refractivity contribution in [3.63, 3.8) is 0 Å². The van der Waals surface area contributed by atoms with Crippen molar-refractivity contribution in [3.8, 4) is 17.0 Å². The van der Waals surface area contributed by atoms with Crippen LogP contribution in [0.4, 0.5) is 19.0 Å². The molecule has 2 N–H and O–H groups in total. The Balaban J connectivity index is 1.70. The van der Waals surface area contributed by atoms with Crippen LogP contribution in [0, 0.1) is 5.92 Å². The highest BCUT2D eigenvalue weighted by Crippen LogP contribution is 2.38. The molecule has 0 atom stereocenters. The minimum absolute atomic E-state index is 0.0433. The van der Waals surface area contributed by atoms with Crippen LogP contribution in [0.3, 0.4) is 0 Å². The standard InChI is InChI=1S/C23H31ClF3N5O4S2/c1-4-32-21(16-13-29-18(11-17(16)36-2)28-9-10-37-23(25,26)27)19(24)20(31-32)22(33)30-12-14-5-7-15(8-6-14)38(3,34)35/h11,13-15H,4-10,12H2,1-3H3,(H,28,29)(H,30,33). The summed E-state index contributed by atoms with van der Waals surface area (Å²) >= 11 is 6.50. The van der Waals surface area contributed by atoms with E-state index < -0.39 is 21.3 Å². The maximum atomic E-state index is 13.0. The third-order valence-corrected chi connectivity index (χ3v) is 9.15. The number of thioether (sulfide) groups is 1. The number of aromatic nitrogens is 3. The van der Waals surface area contributed by atoms with Gasteiger partial charge in [-0.3, -0.25) is 9.48 Å². The quantitative estimate of drug-likeness (QED) is 0.361. The lowest BCUT2D eigenvalue weighted by atomic mass is 9.89. The monoisotopic (exact) mass is 597 g/mol. The number of aryl methyl sites for hydroxylation is 1. The van der Waals surface area contributed by atoms with Gasteiger partial charge in [0.05, 0.1) is 28.6 Å². The summed E-state index contributed by atoms with van der Waals surface area (Å²) in [4.78, 5) is 17.2. The van der Waals surface area contributed by atoms with Gasteiger partial charge in [0, 0.05) is 43.9 Å². The first-order valence-electron chi connectivity index (χ1n) is 12.1. The molecule has 0 spiro atoms. The fraction of sp³-hybridized carbons (Fsp3) is 0.609. The normalized spacial score (nSPS) is 18.3. The molecule has 1 fully saturated rings. The molecule has 0 saturated heterocycles. The highest BCUT2D eigenvalue weighted by atomic mass is 35.5. The summed E-state index contributed by atoms with van der Waals surface area (Å²) in [5.74, 6) is 0.234. The number of rotatable bonds is 11. The zero-order valence-electron chi connectivity index (χ0n) is 21.3. The Labute approximate surface area is 229 Å². The van der Waals surface area contributed by atoms with E-state index in [1.807, 2.05) is 6.92 Å². The largest absolute Gasteiger partial charge is 0.496 e. The fourth-order valence-electron chi connectivity index (χ4n) is 4.38. The van der Waals surface area contributed by atoms with E-state index in [1.54, 1.807) is 10.7 Å². The summed E-state index contributed by atoms with van der Waals surface area (Å²) in [6, 6.07) is 1.55. The van der Waals surface area contributed by atoms with E-state index in [9.17, 15) is 26.4 Å². The van der Waals surface area contributed by atoms with Crippen LogP contribution in [0.15, 0.2) is 12.3 Å². The van der Waals surface area contributed by atoms with Crippen molar-refractivity contribution < 1.29 is 31.1 Å². The number of ether oxygens (including phenoxy) is 1.